The van der Waals surface area contributed by atoms with Gasteiger partial charge in [-0.2, -0.15) is 0 Å². The molecule has 0 bridgehead atoms. The summed E-state index contributed by atoms with van der Waals surface area (Å²) in [6, 6.07) is 11.0. The normalized spacial score (nSPS) is 20.7. The van der Waals surface area contributed by atoms with Gasteiger partial charge in [0.15, 0.2) is 0 Å². The number of allylic oxidation sites excluding steroid dienone is 1. The number of amides is 1. The number of ether oxygens (including phenoxy) is 1. The van der Waals surface area contributed by atoms with Gasteiger partial charge in [0, 0.05) is 41.2 Å². The van der Waals surface area contributed by atoms with Crippen LogP contribution in [0.5, 0.6) is 5.75 Å². The molecule has 2 aromatic carbocycles. The lowest BCUT2D eigenvalue weighted by molar-refractivity contribution is -0.132. The van der Waals surface area contributed by atoms with Crippen LogP contribution >= 0.6 is 0 Å². The number of hydrogen-bond donors (Lipinski definition) is 0. The summed E-state index contributed by atoms with van der Waals surface area (Å²) in [5.74, 6) is 1.58. The molecule has 4 heteroatoms. The van der Waals surface area contributed by atoms with Crippen LogP contribution in [0, 0.1) is 19.8 Å². The molecule has 4 nitrogen and oxygen atoms in total. The summed E-state index contributed by atoms with van der Waals surface area (Å²) in [5, 5.41) is 1.04. The largest absolute Gasteiger partial charge is 0.493 e. The van der Waals surface area contributed by atoms with E-state index in [1.165, 1.54) is 42.4 Å². The van der Waals surface area contributed by atoms with Crippen LogP contribution in [0.15, 0.2) is 47.1 Å². The Balaban J connectivity index is 1.53. The molecule has 2 unspecified atom stereocenters. The van der Waals surface area contributed by atoms with E-state index in [0.29, 0.717) is 18.6 Å². The highest BCUT2D eigenvalue weighted by Crippen LogP contribution is 2.39. The van der Waals surface area contributed by atoms with Gasteiger partial charge in [-0.15, -0.1) is 0 Å². The second-order valence-corrected chi connectivity index (χ2v) is 10.4. The number of benzene rings is 2. The second kappa shape index (κ2) is 9.93. The average molecular weight is 472 g/mol. The first-order valence-electron chi connectivity index (χ1n) is 13.2. The molecule has 1 saturated carbocycles. The fourth-order valence-corrected chi connectivity index (χ4v) is 6.21. The van der Waals surface area contributed by atoms with Crippen LogP contribution in [0.1, 0.15) is 69.1 Å². The molecule has 2 heterocycles. The molecule has 0 N–H and O–H groups in total. The van der Waals surface area contributed by atoms with Crippen LogP contribution in [0.2, 0.25) is 0 Å². The molecule has 0 spiro atoms. The molecule has 0 radical (unpaired) electrons. The lowest BCUT2D eigenvalue weighted by Gasteiger charge is -2.43. The topological polar surface area (TPSA) is 42.7 Å². The number of likely N-dealkylation sites (tertiary alicyclic amines) is 1. The third-order valence-corrected chi connectivity index (χ3v) is 7.94. The standard InChI is InChI=1S/C31H37NO3/c1-5-34-29-18-30-26(27(19-35-30)24-13-12-20(2)15-21(24)3)17-25(29)22(4)16-31(33)32-14-8-10-23-9-6-7-11-28(23)32/h12-13,15-19,23,28H,5-11,14H2,1-4H3/b22-16+. The van der Waals surface area contributed by atoms with Crippen molar-refractivity contribution in [1.29, 1.82) is 0 Å². The Morgan fingerprint density at radius 2 is 1.89 bits per heavy atom. The zero-order valence-electron chi connectivity index (χ0n) is 21.5. The van der Waals surface area contributed by atoms with Crippen LogP contribution < -0.4 is 4.74 Å². The highest BCUT2D eigenvalue weighted by Gasteiger charge is 2.35. The van der Waals surface area contributed by atoms with Crippen LogP contribution in [0.3, 0.4) is 0 Å². The Labute approximate surface area is 209 Å². The van der Waals surface area contributed by atoms with Gasteiger partial charge in [0.25, 0.3) is 0 Å². The first kappa shape index (κ1) is 23.7. The molecule has 2 fully saturated rings. The van der Waals surface area contributed by atoms with Gasteiger partial charge in [-0.25, -0.2) is 0 Å². The quantitative estimate of drug-likeness (QED) is 0.358. The molecule has 184 valence electrons. The van der Waals surface area contributed by atoms with Crippen molar-refractivity contribution in [2.24, 2.45) is 5.92 Å². The summed E-state index contributed by atoms with van der Waals surface area (Å²) >= 11 is 0. The Morgan fingerprint density at radius 3 is 2.69 bits per heavy atom. The smallest absolute Gasteiger partial charge is 0.247 e. The average Bonchev–Trinajstić information content (AvgIpc) is 3.26. The number of piperidine rings is 1. The summed E-state index contributed by atoms with van der Waals surface area (Å²) in [7, 11) is 0. The van der Waals surface area contributed by atoms with Gasteiger partial charge in [0.05, 0.1) is 12.9 Å². The van der Waals surface area contributed by atoms with Crippen molar-refractivity contribution in [3.8, 4) is 16.9 Å². The molecular formula is C31H37NO3. The van der Waals surface area contributed by atoms with E-state index in [1.54, 1.807) is 0 Å². The first-order chi connectivity index (χ1) is 17.0. The molecule has 1 aliphatic carbocycles. The molecule has 5 rings (SSSR count). The maximum Gasteiger partial charge on any atom is 0.247 e. The van der Waals surface area contributed by atoms with Crippen molar-refractivity contribution in [3.63, 3.8) is 0 Å². The Hall–Kier alpha value is -3.01. The number of furan rings is 1. The van der Waals surface area contributed by atoms with Gasteiger partial charge in [-0.3, -0.25) is 4.79 Å². The van der Waals surface area contributed by atoms with E-state index in [2.05, 4.69) is 43.0 Å². The van der Waals surface area contributed by atoms with E-state index in [9.17, 15) is 4.79 Å². The van der Waals surface area contributed by atoms with Gasteiger partial charge >= 0.3 is 0 Å². The van der Waals surface area contributed by atoms with Crippen molar-refractivity contribution < 1.29 is 13.9 Å². The Kier molecular flexibility index (Phi) is 6.73. The highest BCUT2D eigenvalue weighted by atomic mass is 16.5. The number of carbonyl (C=O) groups excluding carboxylic acids is 1. The maximum absolute atomic E-state index is 13.5. The zero-order valence-corrected chi connectivity index (χ0v) is 21.5. The number of carbonyl (C=O) groups is 1. The third kappa shape index (κ3) is 4.63. The Morgan fingerprint density at radius 1 is 1.09 bits per heavy atom. The summed E-state index contributed by atoms with van der Waals surface area (Å²) in [6.45, 7) is 9.69. The lowest BCUT2D eigenvalue weighted by Crippen LogP contribution is -2.49. The van der Waals surface area contributed by atoms with Gasteiger partial charge in [0.2, 0.25) is 5.91 Å². The lowest BCUT2D eigenvalue weighted by atomic mass is 9.78. The summed E-state index contributed by atoms with van der Waals surface area (Å²) in [6.07, 6.45) is 11.0. The highest BCUT2D eigenvalue weighted by molar-refractivity contribution is 6.00. The Bertz CT molecular complexity index is 1270. The zero-order chi connectivity index (χ0) is 24.5. The first-order valence-corrected chi connectivity index (χ1v) is 13.2. The van der Waals surface area contributed by atoms with Crippen molar-refractivity contribution in [1.82, 2.24) is 4.90 Å². The SMILES string of the molecule is CCOc1cc2occ(-c3ccc(C)cc3C)c2cc1/C(C)=C/C(=O)N1CCCC2CCCCC21. The molecule has 2 atom stereocenters. The molecule has 35 heavy (non-hydrogen) atoms. The van der Waals surface area contributed by atoms with Gasteiger partial charge in [-0.05, 0) is 82.1 Å². The van der Waals surface area contributed by atoms with Gasteiger partial charge in [-0.1, -0.05) is 36.6 Å². The van der Waals surface area contributed by atoms with Crippen LogP contribution in [-0.2, 0) is 4.79 Å². The van der Waals surface area contributed by atoms with Crippen molar-refractivity contribution in [2.45, 2.75) is 72.3 Å². The van der Waals surface area contributed by atoms with E-state index in [4.69, 9.17) is 9.15 Å². The van der Waals surface area contributed by atoms with Crippen molar-refractivity contribution >= 4 is 22.4 Å². The minimum absolute atomic E-state index is 0.142. The van der Waals surface area contributed by atoms with Crippen molar-refractivity contribution in [3.05, 3.63) is 59.4 Å². The third-order valence-electron chi connectivity index (χ3n) is 7.94. The van der Waals surface area contributed by atoms with E-state index in [1.807, 2.05) is 32.3 Å². The van der Waals surface area contributed by atoms with Crippen LogP contribution in [0.4, 0.5) is 0 Å². The molecule has 1 saturated heterocycles. The monoisotopic (exact) mass is 471 g/mol. The van der Waals surface area contributed by atoms with Crippen molar-refractivity contribution in [2.75, 3.05) is 13.2 Å². The van der Waals surface area contributed by atoms with Crippen LogP contribution in [-0.4, -0.2) is 30.0 Å². The predicted octanol–water partition coefficient (Wildman–Crippen LogP) is 7.70. The van der Waals surface area contributed by atoms with E-state index < -0.39 is 0 Å². The number of rotatable bonds is 5. The maximum atomic E-state index is 13.5. The summed E-state index contributed by atoms with van der Waals surface area (Å²) < 4.78 is 12.0. The van der Waals surface area contributed by atoms with Gasteiger partial charge < -0.3 is 14.1 Å². The summed E-state index contributed by atoms with van der Waals surface area (Å²) in [5.41, 5.74) is 7.39. The fourth-order valence-electron chi connectivity index (χ4n) is 6.21. The number of fused-ring (bicyclic) bond motifs is 2. The molecule has 3 aromatic rings. The minimum Gasteiger partial charge on any atom is -0.493 e. The predicted molar refractivity (Wildman–Crippen MR) is 143 cm³/mol. The molecule has 1 aliphatic heterocycles. The van der Waals surface area contributed by atoms with Crippen LogP contribution in [0.25, 0.3) is 27.7 Å². The number of aryl methyl sites for hydroxylation is 2. The minimum atomic E-state index is 0.142. The summed E-state index contributed by atoms with van der Waals surface area (Å²) in [4.78, 5) is 15.6. The fraction of sp³-hybridized carbons (Fsp3) is 0.452. The second-order valence-electron chi connectivity index (χ2n) is 10.4. The molecule has 1 amide bonds. The number of hydrogen-bond acceptors (Lipinski definition) is 3. The molecule has 1 aromatic heterocycles. The molecule has 2 aliphatic rings. The van der Waals surface area contributed by atoms with Gasteiger partial charge in [0.1, 0.15) is 11.3 Å². The van der Waals surface area contributed by atoms with E-state index in [0.717, 1.165) is 52.8 Å². The molecular weight excluding hydrogens is 434 g/mol. The van der Waals surface area contributed by atoms with E-state index >= 15 is 0 Å². The number of nitrogens with zero attached hydrogens (tertiary/aromatic N) is 1. The van der Waals surface area contributed by atoms with E-state index in [-0.39, 0.29) is 5.91 Å².